The summed E-state index contributed by atoms with van der Waals surface area (Å²) in [6, 6.07) is 11.2. The number of carbonyl (C=O) groups excluding carboxylic acids is 4. The van der Waals surface area contributed by atoms with Crippen molar-refractivity contribution in [2.45, 2.75) is 70.7 Å². The molecule has 2 aromatic carbocycles. The molecule has 3 unspecified atom stereocenters. The molecule has 0 saturated carbocycles. The molecule has 9 N–H and O–H groups in total. The zero-order valence-electron chi connectivity index (χ0n) is 27.4. The van der Waals surface area contributed by atoms with Gasteiger partial charge in [0.05, 0.1) is 6.61 Å². The molecular formula is C33H43N7O8. The van der Waals surface area contributed by atoms with Gasteiger partial charge in [0.2, 0.25) is 17.7 Å². The van der Waals surface area contributed by atoms with Crippen LogP contribution in [-0.2, 0) is 25.5 Å². The van der Waals surface area contributed by atoms with Crippen molar-refractivity contribution in [3.8, 4) is 0 Å². The van der Waals surface area contributed by atoms with E-state index in [9.17, 15) is 29.1 Å². The minimum absolute atomic E-state index is 0.0623. The Balaban J connectivity index is 1.78. The number of amides is 4. The van der Waals surface area contributed by atoms with Crippen molar-refractivity contribution in [2.24, 2.45) is 16.5 Å². The van der Waals surface area contributed by atoms with E-state index in [4.69, 9.17) is 20.6 Å². The number of anilines is 1. The van der Waals surface area contributed by atoms with Crippen LogP contribution in [0.3, 0.4) is 0 Å². The maximum absolute atomic E-state index is 13.5. The second kappa shape index (κ2) is 16.9. The number of aliphatic hydroxyl groups is 1. The number of benzene rings is 2. The molecular weight excluding hydrogens is 622 g/mol. The number of guanidine groups is 1. The van der Waals surface area contributed by atoms with Crippen LogP contribution in [0.5, 0.6) is 0 Å². The molecule has 0 aliphatic carbocycles. The van der Waals surface area contributed by atoms with Gasteiger partial charge in [-0.3, -0.25) is 19.4 Å². The maximum atomic E-state index is 13.5. The molecule has 3 aromatic rings. The van der Waals surface area contributed by atoms with E-state index >= 15 is 0 Å². The van der Waals surface area contributed by atoms with Gasteiger partial charge in [0.25, 0.3) is 0 Å². The zero-order valence-corrected chi connectivity index (χ0v) is 27.4. The third-order valence-corrected chi connectivity index (χ3v) is 6.90. The van der Waals surface area contributed by atoms with Gasteiger partial charge in [-0.1, -0.05) is 30.3 Å². The fraction of sp³-hybridized carbons (Fsp3) is 0.394. The molecule has 258 valence electrons. The molecule has 1 aromatic heterocycles. The Bertz CT molecular complexity index is 1680. The average Bonchev–Trinajstić information content (AvgIpc) is 3.00. The van der Waals surface area contributed by atoms with Crippen molar-refractivity contribution in [2.75, 3.05) is 18.5 Å². The first kappa shape index (κ1) is 37.0. The van der Waals surface area contributed by atoms with Gasteiger partial charge in [-0.05, 0) is 63.8 Å². The predicted molar refractivity (Wildman–Crippen MR) is 180 cm³/mol. The molecule has 0 aliphatic rings. The molecule has 15 heteroatoms. The minimum atomic E-state index is -1.48. The highest BCUT2D eigenvalue weighted by Crippen LogP contribution is 2.22. The van der Waals surface area contributed by atoms with E-state index < -0.39 is 59.8 Å². The maximum Gasteiger partial charge on any atom is 0.408 e. The molecule has 3 atom stereocenters. The van der Waals surface area contributed by atoms with Gasteiger partial charge in [-0.2, -0.15) is 0 Å². The third-order valence-electron chi connectivity index (χ3n) is 6.90. The van der Waals surface area contributed by atoms with Gasteiger partial charge in [0.1, 0.15) is 29.3 Å². The van der Waals surface area contributed by atoms with Crippen LogP contribution in [0.4, 0.5) is 10.5 Å². The lowest BCUT2D eigenvalue weighted by molar-refractivity contribution is -0.132. The summed E-state index contributed by atoms with van der Waals surface area (Å²) in [5.74, 6) is -2.38. The first-order valence-corrected chi connectivity index (χ1v) is 15.3. The summed E-state index contributed by atoms with van der Waals surface area (Å²) >= 11 is 0. The lowest BCUT2D eigenvalue weighted by atomic mass is 10.0. The average molecular weight is 666 g/mol. The number of aryl methyl sites for hydroxylation is 1. The molecule has 0 saturated heterocycles. The van der Waals surface area contributed by atoms with Crippen molar-refractivity contribution in [1.82, 2.24) is 16.0 Å². The van der Waals surface area contributed by atoms with E-state index in [2.05, 4.69) is 26.3 Å². The quantitative estimate of drug-likeness (QED) is 0.0561. The van der Waals surface area contributed by atoms with Gasteiger partial charge in [0.15, 0.2) is 5.96 Å². The van der Waals surface area contributed by atoms with Gasteiger partial charge in [-0.15, -0.1) is 0 Å². The molecule has 0 radical (unpaired) electrons. The standard InChI is InChI=1S/C33H43N7O8/c1-19-15-21(17-26-22(19)12-13-27(42)47-26)37-28(43)23(11-8-14-36-31(34)35)38-30(45)25(18-41)39-29(44)24(16-20-9-6-5-7-10-20)40-32(46)48-33(2,3)4/h5-7,9-10,12-13,15,17,23-25,41H,8,11,14,16,18H2,1-4H3,(H,37,43)(H,38,45)(H,39,44)(H,40,46)(H4,34,35,36). The van der Waals surface area contributed by atoms with Crippen LogP contribution in [0.2, 0.25) is 0 Å². The molecule has 1 heterocycles. The number of nitrogens with one attached hydrogen (secondary N) is 4. The van der Waals surface area contributed by atoms with Crippen LogP contribution in [0.25, 0.3) is 11.0 Å². The topological polar surface area (TPSA) is 240 Å². The number of aliphatic imine (C=N–C) groups is 1. The lowest BCUT2D eigenvalue weighted by Gasteiger charge is -2.26. The van der Waals surface area contributed by atoms with Crippen LogP contribution < -0.4 is 38.4 Å². The molecule has 0 aliphatic heterocycles. The summed E-state index contributed by atoms with van der Waals surface area (Å²) in [5.41, 5.74) is 11.4. The number of carbonyl (C=O) groups is 4. The summed E-state index contributed by atoms with van der Waals surface area (Å²) in [5, 5.41) is 21.1. The number of hydrogen-bond donors (Lipinski definition) is 7. The Morgan fingerprint density at radius 3 is 2.23 bits per heavy atom. The highest BCUT2D eigenvalue weighted by Gasteiger charge is 2.30. The van der Waals surface area contributed by atoms with Gasteiger partial charge < -0.3 is 47.0 Å². The van der Waals surface area contributed by atoms with Gasteiger partial charge in [-0.25, -0.2) is 9.59 Å². The van der Waals surface area contributed by atoms with Crippen LogP contribution in [0.15, 0.2) is 68.8 Å². The largest absolute Gasteiger partial charge is 0.444 e. The van der Waals surface area contributed by atoms with Crippen LogP contribution in [-0.4, -0.2) is 71.8 Å². The van der Waals surface area contributed by atoms with Crippen molar-refractivity contribution in [3.05, 3.63) is 76.1 Å². The van der Waals surface area contributed by atoms with E-state index in [1.54, 1.807) is 70.2 Å². The highest BCUT2D eigenvalue weighted by molar-refractivity contribution is 6.00. The van der Waals surface area contributed by atoms with Crippen LogP contribution >= 0.6 is 0 Å². The second-order valence-electron chi connectivity index (χ2n) is 12.1. The van der Waals surface area contributed by atoms with Crippen molar-refractivity contribution >= 4 is 46.4 Å². The fourth-order valence-corrected chi connectivity index (χ4v) is 4.68. The number of alkyl carbamates (subject to hydrolysis) is 1. The number of fused-ring (bicyclic) bond motifs is 1. The van der Waals surface area contributed by atoms with E-state index in [0.717, 1.165) is 11.1 Å². The van der Waals surface area contributed by atoms with E-state index in [-0.39, 0.29) is 37.3 Å². The number of nitrogens with zero attached hydrogens (tertiary/aromatic N) is 1. The number of aliphatic hydroxyl groups excluding tert-OH is 1. The summed E-state index contributed by atoms with van der Waals surface area (Å²) in [7, 11) is 0. The van der Waals surface area contributed by atoms with E-state index in [1.807, 2.05) is 0 Å². The van der Waals surface area contributed by atoms with Gasteiger partial charge in [0, 0.05) is 36.2 Å². The first-order chi connectivity index (χ1) is 22.6. The van der Waals surface area contributed by atoms with Crippen molar-refractivity contribution in [3.63, 3.8) is 0 Å². The Labute approximate surface area is 277 Å². The van der Waals surface area contributed by atoms with E-state index in [1.165, 1.54) is 12.1 Å². The third kappa shape index (κ3) is 11.7. The summed E-state index contributed by atoms with van der Waals surface area (Å²) in [6.45, 7) is 6.16. The Morgan fingerprint density at radius 1 is 0.917 bits per heavy atom. The molecule has 0 bridgehead atoms. The summed E-state index contributed by atoms with van der Waals surface area (Å²) < 4.78 is 10.6. The van der Waals surface area contributed by atoms with E-state index in [0.29, 0.717) is 11.1 Å². The summed E-state index contributed by atoms with van der Waals surface area (Å²) in [4.78, 5) is 68.5. The SMILES string of the molecule is Cc1cc(NC(=O)C(CCCN=C(N)N)NC(=O)C(CO)NC(=O)C(Cc2ccccc2)NC(=O)OC(C)(C)C)cc2oc(=O)ccc12. The molecule has 0 fully saturated rings. The van der Waals surface area contributed by atoms with Crippen LogP contribution in [0.1, 0.15) is 44.7 Å². The normalized spacial score (nSPS) is 13.0. The van der Waals surface area contributed by atoms with Gasteiger partial charge >= 0.3 is 11.7 Å². The van der Waals surface area contributed by atoms with Crippen LogP contribution in [0, 0.1) is 6.92 Å². The molecule has 3 rings (SSSR count). The Kier molecular flexibility index (Phi) is 13.1. The predicted octanol–water partition coefficient (Wildman–Crippen LogP) is 1.19. The number of ether oxygens (including phenoxy) is 1. The smallest absolute Gasteiger partial charge is 0.408 e. The molecule has 15 nitrogen and oxygen atoms in total. The monoisotopic (exact) mass is 665 g/mol. The zero-order chi connectivity index (χ0) is 35.4. The Hall–Kier alpha value is -5.44. The Morgan fingerprint density at radius 2 is 1.58 bits per heavy atom. The number of hydrogen-bond acceptors (Lipinski definition) is 9. The number of rotatable bonds is 14. The summed E-state index contributed by atoms with van der Waals surface area (Å²) in [6.07, 6.45) is -0.410. The lowest BCUT2D eigenvalue weighted by Crippen LogP contribution is -2.58. The minimum Gasteiger partial charge on any atom is -0.444 e. The molecule has 48 heavy (non-hydrogen) atoms. The molecule has 0 spiro atoms. The first-order valence-electron chi connectivity index (χ1n) is 15.3. The van der Waals surface area contributed by atoms with Crippen molar-refractivity contribution < 1.29 is 33.4 Å². The fourth-order valence-electron chi connectivity index (χ4n) is 4.68. The second-order valence-corrected chi connectivity index (χ2v) is 12.1. The highest BCUT2D eigenvalue weighted by atomic mass is 16.6. The molecule has 4 amide bonds. The van der Waals surface area contributed by atoms with Crippen molar-refractivity contribution in [1.29, 1.82) is 0 Å². The number of nitrogens with two attached hydrogens (primary N) is 2.